The summed E-state index contributed by atoms with van der Waals surface area (Å²) >= 11 is 0. The van der Waals surface area contributed by atoms with Gasteiger partial charge in [-0.25, -0.2) is 16.8 Å². The van der Waals surface area contributed by atoms with Crippen LogP contribution in [-0.2, 0) is 10.0 Å². The van der Waals surface area contributed by atoms with Crippen LogP contribution in [0.4, 0.5) is 10.1 Å². The van der Waals surface area contributed by atoms with Crippen molar-refractivity contribution in [3.63, 3.8) is 0 Å². The molecule has 1 atom stereocenters. The minimum atomic E-state index is -3.80. The highest BCUT2D eigenvalue weighted by atomic mass is 32.2. The lowest BCUT2D eigenvalue weighted by Crippen LogP contribution is -2.43. The Morgan fingerprint density at radius 3 is 2.46 bits per heavy atom. The lowest BCUT2D eigenvalue weighted by Gasteiger charge is -2.30. The van der Waals surface area contributed by atoms with Crippen molar-refractivity contribution >= 4 is 26.6 Å². The Morgan fingerprint density at radius 2 is 1.79 bits per heavy atom. The van der Waals surface area contributed by atoms with Crippen LogP contribution >= 0.6 is 0 Å². The van der Waals surface area contributed by atoms with E-state index in [1.807, 2.05) is 24.3 Å². The number of benzene rings is 2. The SMILES string of the molecule is C=CC(c1ccc(F)cc1)S(=O)(=O)n1ccc2c(N3CCNCC3)cccc21. The normalized spacial score (nSPS) is 16.2. The van der Waals surface area contributed by atoms with Gasteiger partial charge in [-0.2, -0.15) is 0 Å². The van der Waals surface area contributed by atoms with E-state index in [2.05, 4.69) is 16.8 Å². The standard InChI is InChI=1S/C21H22FN3O2S/c1-2-21(16-6-8-17(22)9-7-16)28(26,27)25-13-10-18-19(4-3-5-20(18)25)24-14-11-23-12-15-24/h2-10,13,21,23H,1,11-12,14-15H2. The molecule has 0 amide bonds. The average Bonchev–Trinajstić information content (AvgIpc) is 3.15. The molecule has 3 aromatic rings. The van der Waals surface area contributed by atoms with Crippen LogP contribution in [0.3, 0.4) is 0 Å². The molecule has 1 aliphatic rings. The number of hydrogen-bond donors (Lipinski definition) is 1. The number of hydrogen-bond acceptors (Lipinski definition) is 4. The summed E-state index contributed by atoms with van der Waals surface area (Å²) in [4.78, 5) is 2.26. The van der Waals surface area contributed by atoms with E-state index in [0.717, 1.165) is 37.3 Å². The fourth-order valence-corrected chi connectivity index (χ4v) is 5.39. The molecule has 0 saturated carbocycles. The molecule has 4 rings (SSSR count). The third-order valence-corrected chi connectivity index (χ3v) is 7.11. The molecular weight excluding hydrogens is 377 g/mol. The molecule has 1 aliphatic heterocycles. The summed E-state index contributed by atoms with van der Waals surface area (Å²) in [6.07, 6.45) is 2.97. The van der Waals surface area contributed by atoms with Crippen LogP contribution in [0.5, 0.6) is 0 Å². The maximum atomic E-state index is 13.4. The van der Waals surface area contributed by atoms with Gasteiger partial charge in [0.05, 0.1) is 5.52 Å². The number of anilines is 1. The monoisotopic (exact) mass is 399 g/mol. The first-order chi connectivity index (χ1) is 13.5. The Labute approximate surface area is 164 Å². The summed E-state index contributed by atoms with van der Waals surface area (Å²) in [5.41, 5.74) is 2.14. The largest absolute Gasteiger partial charge is 0.368 e. The maximum absolute atomic E-state index is 13.4. The third kappa shape index (κ3) is 3.21. The van der Waals surface area contributed by atoms with Crippen molar-refractivity contribution in [3.05, 3.63) is 78.8 Å². The number of nitrogens with one attached hydrogen (secondary N) is 1. The van der Waals surface area contributed by atoms with Crippen LogP contribution in [-0.4, -0.2) is 38.6 Å². The van der Waals surface area contributed by atoms with E-state index in [0.29, 0.717) is 11.1 Å². The van der Waals surface area contributed by atoms with Gasteiger partial charge in [0.15, 0.2) is 0 Å². The Bertz CT molecular complexity index is 1100. The van der Waals surface area contributed by atoms with Crippen molar-refractivity contribution in [1.29, 1.82) is 0 Å². The summed E-state index contributed by atoms with van der Waals surface area (Å²) in [7, 11) is -3.80. The van der Waals surface area contributed by atoms with Crippen molar-refractivity contribution in [3.8, 4) is 0 Å². The molecule has 1 N–H and O–H groups in total. The van der Waals surface area contributed by atoms with Gasteiger partial charge < -0.3 is 10.2 Å². The molecule has 0 bridgehead atoms. The fraction of sp³-hybridized carbons (Fsp3) is 0.238. The molecule has 28 heavy (non-hydrogen) atoms. The first-order valence-electron chi connectivity index (χ1n) is 9.20. The van der Waals surface area contributed by atoms with Gasteiger partial charge in [-0.15, -0.1) is 6.58 Å². The molecule has 1 fully saturated rings. The predicted molar refractivity (Wildman–Crippen MR) is 111 cm³/mol. The second kappa shape index (κ2) is 7.41. The Balaban J connectivity index is 1.79. The Kier molecular flexibility index (Phi) is 4.95. The molecular formula is C21H22FN3O2S. The summed E-state index contributed by atoms with van der Waals surface area (Å²) in [5.74, 6) is -0.406. The highest BCUT2D eigenvalue weighted by Crippen LogP contribution is 2.33. The van der Waals surface area contributed by atoms with Gasteiger partial charge in [0.2, 0.25) is 10.0 Å². The molecule has 5 nitrogen and oxygen atoms in total. The first-order valence-corrected chi connectivity index (χ1v) is 10.7. The number of fused-ring (bicyclic) bond motifs is 1. The van der Waals surface area contributed by atoms with E-state index in [1.54, 1.807) is 6.20 Å². The van der Waals surface area contributed by atoms with E-state index in [4.69, 9.17) is 0 Å². The smallest absolute Gasteiger partial charge is 0.249 e. The Morgan fingerprint density at radius 1 is 1.07 bits per heavy atom. The number of rotatable bonds is 5. The van der Waals surface area contributed by atoms with E-state index < -0.39 is 21.1 Å². The van der Waals surface area contributed by atoms with Gasteiger partial charge in [-0.05, 0) is 35.9 Å². The van der Waals surface area contributed by atoms with Crippen molar-refractivity contribution in [2.45, 2.75) is 5.25 Å². The molecule has 1 unspecified atom stereocenters. The second-order valence-corrected chi connectivity index (χ2v) is 8.74. The van der Waals surface area contributed by atoms with Gasteiger partial charge in [-0.3, -0.25) is 0 Å². The third-order valence-electron chi connectivity index (χ3n) is 5.14. The number of piperazine rings is 1. The minimum absolute atomic E-state index is 0.406. The highest BCUT2D eigenvalue weighted by Gasteiger charge is 2.28. The topological polar surface area (TPSA) is 54.3 Å². The molecule has 2 heterocycles. The summed E-state index contributed by atoms with van der Waals surface area (Å²) in [6.45, 7) is 7.26. The van der Waals surface area contributed by atoms with Crippen LogP contribution in [0.15, 0.2) is 67.4 Å². The first kappa shape index (κ1) is 18.7. The van der Waals surface area contributed by atoms with E-state index in [9.17, 15) is 12.8 Å². The van der Waals surface area contributed by atoms with Crippen LogP contribution in [0.1, 0.15) is 10.8 Å². The van der Waals surface area contributed by atoms with E-state index in [-0.39, 0.29) is 0 Å². The minimum Gasteiger partial charge on any atom is -0.368 e. The second-order valence-electron chi connectivity index (χ2n) is 6.81. The quantitative estimate of drug-likeness (QED) is 0.669. The number of nitrogens with zero attached hydrogens (tertiary/aromatic N) is 2. The Hall–Kier alpha value is -2.64. The molecule has 0 spiro atoms. The fourth-order valence-electron chi connectivity index (χ4n) is 3.73. The lowest BCUT2D eigenvalue weighted by atomic mass is 10.1. The molecule has 0 radical (unpaired) electrons. The summed E-state index contributed by atoms with van der Waals surface area (Å²) in [5, 5.41) is 3.26. The molecule has 1 aromatic heterocycles. The van der Waals surface area contributed by atoms with E-state index in [1.165, 1.54) is 34.3 Å². The summed E-state index contributed by atoms with van der Waals surface area (Å²) < 4.78 is 41.3. The predicted octanol–water partition coefficient (Wildman–Crippen LogP) is 3.30. The van der Waals surface area contributed by atoms with Crippen LogP contribution in [0.25, 0.3) is 10.9 Å². The van der Waals surface area contributed by atoms with Gasteiger partial charge in [0, 0.05) is 43.4 Å². The summed E-state index contributed by atoms with van der Waals surface area (Å²) in [6, 6.07) is 13.0. The highest BCUT2D eigenvalue weighted by molar-refractivity contribution is 7.90. The van der Waals surface area contributed by atoms with Gasteiger partial charge in [-0.1, -0.05) is 24.3 Å². The van der Waals surface area contributed by atoms with Crippen molar-refractivity contribution in [2.75, 3.05) is 31.1 Å². The lowest BCUT2D eigenvalue weighted by molar-refractivity contribution is 0.582. The molecule has 1 saturated heterocycles. The van der Waals surface area contributed by atoms with Crippen molar-refractivity contribution < 1.29 is 12.8 Å². The zero-order chi connectivity index (χ0) is 19.7. The zero-order valence-electron chi connectivity index (χ0n) is 15.4. The van der Waals surface area contributed by atoms with Crippen LogP contribution in [0.2, 0.25) is 0 Å². The average molecular weight is 399 g/mol. The van der Waals surface area contributed by atoms with Gasteiger partial charge >= 0.3 is 0 Å². The molecule has 2 aromatic carbocycles. The van der Waals surface area contributed by atoms with Gasteiger partial charge in [0.1, 0.15) is 11.1 Å². The molecule has 0 aliphatic carbocycles. The maximum Gasteiger partial charge on any atom is 0.249 e. The molecule has 7 heteroatoms. The van der Waals surface area contributed by atoms with Crippen LogP contribution in [0, 0.1) is 5.82 Å². The van der Waals surface area contributed by atoms with Crippen LogP contribution < -0.4 is 10.2 Å². The molecule has 146 valence electrons. The van der Waals surface area contributed by atoms with Gasteiger partial charge in [0.25, 0.3) is 0 Å². The van der Waals surface area contributed by atoms with Crippen molar-refractivity contribution in [1.82, 2.24) is 9.29 Å². The van der Waals surface area contributed by atoms with Crippen molar-refractivity contribution in [2.24, 2.45) is 0 Å². The zero-order valence-corrected chi connectivity index (χ0v) is 16.2. The number of aromatic nitrogens is 1. The number of halogens is 1. The van der Waals surface area contributed by atoms with E-state index >= 15 is 0 Å².